The molecule has 32 heavy (non-hydrogen) atoms. The SMILES string of the molecule is Cn1c(COc2ccc(Cl)cc2)nnc1N1CCC(Cc2nc3ccc(F)cc3o2)CC1. The number of hydrogen-bond acceptors (Lipinski definition) is 6. The van der Waals surface area contributed by atoms with Gasteiger partial charge in [-0.2, -0.15) is 0 Å². The number of rotatable bonds is 6. The normalized spacial score (nSPS) is 14.9. The fraction of sp³-hybridized carbons (Fsp3) is 0.348. The molecule has 0 unspecified atom stereocenters. The van der Waals surface area contributed by atoms with Gasteiger partial charge in [-0.3, -0.25) is 4.57 Å². The monoisotopic (exact) mass is 455 g/mol. The molecule has 0 bridgehead atoms. The summed E-state index contributed by atoms with van der Waals surface area (Å²) in [4.78, 5) is 6.74. The highest BCUT2D eigenvalue weighted by molar-refractivity contribution is 6.30. The molecule has 0 N–H and O–H groups in total. The zero-order valence-electron chi connectivity index (χ0n) is 17.7. The first-order valence-corrected chi connectivity index (χ1v) is 11.0. The van der Waals surface area contributed by atoms with Crippen molar-refractivity contribution >= 4 is 28.6 Å². The summed E-state index contributed by atoms with van der Waals surface area (Å²) in [6.07, 6.45) is 2.75. The van der Waals surface area contributed by atoms with Crippen LogP contribution in [0.1, 0.15) is 24.6 Å². The maximum absolute atomic E-state index is 13.4. The zero-order chi connectivity index (χ0) is 22.1. The van der Waals surface area contributed by atoms with E-state index in [1.165, 1.54) is 12.1 Å². The van der Waals surface area contributed by atoms with Gasteiger partial charge in [0.05, 0.1) is 0 Å². The predicted octanol–water partition coefficient (Wildman–Crippen LogP) is 4.79. The number of ether oxygens (including phenoxy) is 1. The lowest BCUT2D eigenvalue weighted by atomic mass is 9.94. The van der Waals surface area contributed by atoms with Crippen LogP contribution >= 0.6 is 11.6 Å². The largest absolute Gasteiger partial charge is 0.486 e. The van der Waals surface area contributed by atoms with Gasteiger partial charge in [-0.05, 0) is 55.2 Å². The molecule has 9 heteroatoms. The smallest absolute Gasteiger partial charge is 0.227 e. The summed E-state index contributed by atoms with van der Waals surface area (Å²) in [5.41, 5.74) is 1.20. The molecule has 3 heterocycles. The molecule has 0 spiro atoms. The van der Waals surface area contributed by atoms with Crippen LogP contribution in [-0.2, 0) is 20.1 Å². The van der Waals surface area contributed by atoms with Crippen LogP contribution in [0.4, 0.5) is 10.3 Å². The molecule has 4 aromatic rings. The Morgan fingerprint density at radius 3 is 2.69 bits per heavy atom. The highest BCUT2D eigenvalue weighted by atomic mass is 35.5. The Morgan fingerprint density at radius 2 is 1.91 bits per heavy atom. The van der Waals surface area contributed by atoms with E-state index in [9.17, 15) is 4.39 Å². The number of halogens is 2. The number of fused-ring (bicyclic) bond motifs is 1. The first-order valence-electron chi connectivity index (χ1n) is 10.6. The molecule has 166 valence electrons. The molecule has 0 saturated carbocycles. The van der Waals surface area contributed by atoms with E-state index >= 15 is 0 Å². The highest BCUT2D eigenvalue weighted by Gasteiger charge is 2.25. The van der Waals surface area contributed by atoms with Gasteiger partial charge in [0, 0.05) is 37.6 Å². The number of hydrogen-bond donors (Lipinski definition) is 0. The summed E-state index contributed by atoms with van der Waals surface area (Å²) in [6.45, 7) is 2.09. The minimum Gasteiger partial charge on any atom is -0.486 e. The molecular weight excluding hydrogens is 433 g/mol. The summed E-state index contributed by atoms with van der Waals surface area (Å²) in [5.74, 6) is 3.16. The maximum Gasteiger partial charge on any atom is 0.227 e. The molecule has 2 aromatic carbocycles. The van der Waals surface area contributed by atoms with E-state index in [4.69, 9.17) is 20.8 Å². The van der Waals surface area contributed by atoms with Crippen molar-refractivity contribution in [3.63, 3.8) is 0 Å². The summed E-state index contributed by atoms with van der Waals surface area (Å²) < 4.78 is 26.9. The summed E-state index contributed by atoms with van der Waals surface area (Å²) in [7, 11) is 1.96. The summed E-state index contributed by atoms with van der Waals surface area (Å²) in [5, 5.41) is 9.36. The molecular formula is C23H23ClFN5O2. The van der Waals surface area contributed by atoms with Gasteiger partial charge in [0.2, 0.25) is 5.95 Å². The van der Waals surface area contributed by atoms with Crippen molar-refractivity contribution in [3.05, 3.63) is 65.0 Å². The quantitative estimate of drug-likeness (QED) is 0.416. The first-order chi connectivity index (χ1) is 15.5. The molecule has 0 aliphatic carbocycles. The first kappa shape index (κ1) is 20.8. The van der Waals surface area contributed by atoms with E-state index < -0.39 is 0 Å². The van der Waals surface area contributed by atoms with Crippen molar-refractivity contribution in [2.75, 3.05) is 18.0 Å². The maximum atomic E-state index is 13.4. The number of anilines is 1. The van der Waals surface area contributed by atoms with Crippen LogP contribution in [0.3, 0.4) is 0 Å². The zero-order valence-corrected chi connectivity index (χ0v) is 18.4. The number of aromatic nitrogens is 4. The van der Waals surface area contributed by atoms with Gasteiger partial charge < -0.3 is 14.1 Å². The average molecular weight is 456 g/mol. The highest BCUT2D eigenvalue weighted by Crippen LogP contribution is 2.27. The standard InChI is InChI=1S/C23H23ClFN5O2/c1-29-21(14-31-18-5-2-16(24)3-6-18)27-28-23(29)30-10-8-15(9-11-30)12-22-26-19-7-4-17(25)13-20(19)32-22/h2-7,13,15H,8-12,14H2,1H3. The van der Waals surface area contributed by atoms with Gasteiger partial charge in [0.1, 0.15) is 23.7 Å². The van der Waals surface area contributed by atoms with E-state index in [1.54, 1.807) is 18.2 Å². The van der Waals surface area contributed by atoms with E-state index in [1.807, 2.05) is 23.7 Å². The van der Waals surface area contributed by atoms with Crippen molar-refractivity contribution in [1.82, 2.24) is 19.7 Å². The topological polar surface area (TPSA) is 69.2 Å². The van der Waals surface area contributed by atoms with Crippen LogP contribution < -0.4 is 9.64 Å². The van der Waals surface area contributed by atoms with Gasteiger partial charge in [0.25, 0.3) is 0 Å². The number of benzene rings is 2. The number of nitrogens with zero attached hydrogens (tertiary/aromatic N) is 5. The summed E-state index contributed by atoms with van der Waals surface area (Å²) >= 11 is 5.91. The van der Waals surface area contributed by atoms with E-state index in [0.717, 1.165) is 49.9 Å². The third kappa shape index (κ3) is 4.41. The molecule has 0 amide bonds. The molecule has 7 nitrogen and oxygen atoms in total. The molecule has 5 rings (SSSR count). The van der Waals surface area contributed by atoms with Crippen LogP contribution in [0, 0.1) is 11.7 Å². The van der Waals surface area contributed by atoms with Crippen molar-refractivity contribution in [2.45, 2.75) is 25.9 Å². The van der Waals surface area contributed by atoms with Gasteiger partial charge in [0.15, 0.2) is 17.3 Å². The second-order valence-electron chi connectivity index (χ2n) is 8.07. The van der Waals surface area contributed by atoms with Gasteiger partial charge in [-0.15, -0.1) is 10.2 Å². The Hall–Kier alpha value is -3.13. The molecule has 0 atom stereocenters. The van der Waals surface area contributed by atoms with Crippen molar-refractivity contribution in [1.29, 1.82) is 0 Å². The molecule has 0 radical (unpaired) electrons. The Morgan fingerprint density at radius 1 is 1.12 bits per heavy atom. The van der Waals surface area contributed by atoms with E-state index in [0.29, 0.717) is 34.5 Å². The molecule has 1 saturated heterocycles. The fourth-order valence-electron chi connectivity index (χ4n) is 4.05. The Bertz CT molecular complexity index is 1220. The van der Waals surface area contributed by atoms with Crippen molar-refractivity contribution < 1.29 is 13.5 Å². The molecule has 2 aromatic heterocycles. The lowest BCUT2D eigenvalue weighted by Crippen LogP contribution is -2.36. The number of piperidine rings is 1. The summed E-state index contributed by atoms with van der Waals surface area (Å²) in [6, 6.07) is 11.7. The molecule has 1 aliphatic rings. The lowest BCUT2D eigenvalue weighted by Gasteiger charge is -2.31. The van der Waals surface area contributed by atoms with Crippen LogP contribution in [0.25, 0.3) is 11.1 Å². The van der Waals surface area contributed by atoms with Gasteiger partial charge in [-0.1, -0.05) is 11.6 Å². The van der Waals surface area contributed by atoms with Crippen LogP contribution in [0.5, 0.6) is 5.75 Å². The fourth-order valence-corrected chi connectivity index (χ4v) is 4.18. The minimum atomic E-state index is -0.310. The third-order valence-electron chi connectivity index (χ3n) is 5.88. The van der Waals surface area contributed by atoms with Gasteiger partial charge >= 0.3 is 0 Å². The van der Waals surface area contributed by atoms with Crippen LogP contribution in [-0.4, -0.2) is 32.8 Å². The Balaban J connectivity index is 1.17. The minimum absolute atomic E-state index is 0.310. The van der Waals surface area contributed by atoms with Crippen LogP contribution in [0.2, 0.25) is 5.02 Å². The van der Waals surface area contributed by atoms with Crippen LogP contribution in [0.15, 0.2) is 46.9 Å². The molecule has 1 fully saturated rings. The molecule has 1 aliphatic heterocycles. The van der Waals surface area contributed by atoms with Crippen molar-refractivity contribution in [3.8, 4) is 5.75 Å². The second-order valence-corrected chi connectivity index (χ2v) is 8.51. The predicted molar refractivity (Wildman–Crippen MR) is 119 cm³/mol. The van der Waals surface area contributed by atoms with Crippen molar-refractivity contribution in [2.24, 2.45) is 13.0 Å². The van der Waals surface area contributed by atoms with Gasteiger partial charge in [-0.25, -0.2) is 9.37 Å². The third-order valence-corrected chi connectivity index (χ3v) is 6.13. The van der Waals surface area contributed by atoms with E-state index in [-0.39, 0.29) is 5.82 Å². The van der Waals surface area contributed by atoms with E-state index in [2.05, 4.69) is 20.1 Å². The lowest BCUT2D eigenvalue weighted by molar-refractivity contribution is 0.291. The Kier molecular flexibility index (Phi) is 5.70. The number of oxazole rings is 1. The average Bonchev–Trinajstić information content (AvgIpc) is 3.36. The second kappa shape index (κ2) is 8.78. The Labute approximate surface area is 189 Å².